The van der Waals surface area contributed by atoms with E-state index in [1.54, 1.807) is 4.68 Å². The highest BCUT2D eigenvalue weighted by Gasteiger charge is 2.34. The first-order valence-corrected chi connectivity index (χ1v) is 6.81. The van der Waals surface area contributed by atoms with Crippen LogP contribution in [-0.4, -0.2) is 32.6 Å². The zero-order valence-electron chi connectivity index (χ0n) is 10.8. The number of Topliss-reactive ketones (excluding diaryl/α,β-unsaturated/α-hetero) is 1. The van der Waals surface area contributed by atoms with E-state index in [0.29, 0.717) is 36.6 Å². The second-order valence-electron chi connectivity index (χ2n) is 5.69. The molecule has 2 fully saturated rings. The van der Waals surface area contributed by atoms with Crippen LogP contribution in [0.3, 0.4) is 0 Å². The van der Waals surface area contributed by atoms with Gasteiger partial charge in [0.1, 0.15) is 17.9 Å². The Balaban J connectivity index is 1.54. The maximum Gasteiger partial charge on any atom is 0.140 e. The van der Waals surface area contributed by atoms with Crippen molar-refractivity contribution in [2.24, 2.45) is 13.0 Å². The number of rotatable bonds is 4. The Hall–Kier alpha value is -1.23. The van der Waals surface area contributed by atoms with Crippen molar-refractivity contribution in [1.82, 2.24) is 20.1 Å². The third-order valence-electron chi connectivity index (χ3n) is 4.25. The molecule has 0 amide bonds. The first-order valence-electron chi connectivity index (χ1n) is 6.81. The van der Waals surface area contributed by atoms with E-state index in [2.05, 4.69) is 15.4 Å². The SMILES string of the molecule is Cn1ncnc1CC(=O)CC1CC2CCC(C1)N2. The number of carbonyl (C=O) groups excluding carboxylic acids is 1. The van der Waals surface area contributed by atoms with Gasteiger partial charge in [-0.05, 0) is 31.6 Å². The van der Waals surface area contributed by atoms with Crippen LogP contribution >= 0.6 is 0 Å². The van der Waals surface area contributed by atoms with Gasteiger partial charge in [0, 0.05) is 25.6 Å². The van der Waals surface area contributed by atoms with Crippen LogP contribution in [0.15, 0.2) is 6.33 Å². The summed E-state index contributed by atoms with van der Waals surface area (Å²) in [6.07, 6.45) is 7.56. The van der Waals surface area contributed by atoms with Gasteiger partial charge in [-0.3, -0.25) is 9.48 Å². The minimum absolute atomic E-state index is 0.303. The summed E-state index contributed by atoms with van der Waals surface area (Å²) in [5, 5.41) is 7.60. The lowest BCUT2D eigenvalue weighted by atomic mass is 9.87. The molecule has 2 unspecified atom stereocenters. The first kappa shape index (κ1) is 11.8. The fourth-order valence-corrected chi connectivity index (χ4v) is 3.39. The second-order valence-corrected chi connectivity index (χ2v) is 5.69. The molecule has 2 aliphatic rings. The van der Waals surface area contributed by atoms with Crippen LogP contribution in [0.2, 0.25) is 0 Å². The Morgan fingerprint density at radius 3 is 2.78 bits per heavy atom. The molecule has 0 aromatic carbocycles. The number of fused-ring (bicyclic) bond motifs is 2. The Morgan fingerprint density at radius 1 is 1.44 bits per heavy atom. The van der Waals surface area contributed by atoms with E-state index in [-0.39, 0.29) is 0 Å². The summed E-state index contributed by atoms with van der Waals surface area (Å²) in [5.74, 6) is 1.65. The van der Waals surface area contributed by atoms with Crippen molar-refractivity contribution in [1.29, 1.82) is 0 Å². The maximum absolute atomic E-state index is 12.1. The van der Waals surface area contributed by atoms with Crippen LogP contribution in [0.4, 0.5) is 0 Å². The van der Waals surface area contributed by atoms with Crippen molar-refractivity contribution in [3.8, 4) is 0 Å². The van der Waals surface area contributed by atoms with Crippen molar-refractivity contribution >= 4 is 5.78 Å². The highest BCUT2D eigenvalue weighted by molar-refractivity contribution is 5.80. The maximum atomic E-state index is 12.1. The fourth-order valence-electron chi connectivity index (χ4n) is 3.39. The van der Waals surface area contributed by atoms with E-state index < -0.39 is 0 Å². The van der Waals surface area contributed by atoms with Gasteiger partial charge >= 0.3 is 0 Å². The molecule has 0 spiro atoms. The summed E-state index contributed by atoms with van der Waals surface area (Å²) in [4.78, 5) is 16.2. The minimum Gasteiger partial charge on any atom is -0.311 e. The number of carbonyl (C=O) groups is 1. The number of aromatic nitrogens is 3. The molecule has 3 heterocycles. The fraction of sp³-hybridized carbons (Fsp3) is 0.769. The molecule has 3 rings (SSSR count). The number of ketones is 1. The van der Waals surface area contributed by atoms with Crippen molar-refractivity contribution in [3.05, 3.63) is 12.2 Å². The number of nitrogens with zero attached hydrogens (tertiary/aromatic N) is 3. The molecule has 18 heavy (non-hydrogen) atoms. The third kappa shape index (κ3) is 2.46. The Labute approximate surface area is 107 Å². The normalized spacial score (nSPS) is 30.6. The average molecular weight is 248 g/mol. The summed E-state index contributed by atoms with van der Waals surface area (Å²) in [6.45, 7) is 0. The molecule has 2 aliphatic heterocycles. The molecule has 2 bridgehead atoms. The Bertz CT molecular complexity index is 430. The van der Waals surface area contributed by atoms with Gasteiger partial charge in [-0.15, -0.1) is 0 Å². The summed E-state index contributed by atoms with van der Waals surface area (Å²) < 4.78 is 1.68. The van der Waals surface area contributed by atoms with Crippen LogP contribution in [0.5, 0.6) is 0 Å². The predicted molar refractivity (Wildman–Crippen MR) is 67.0 cm³/mol. The summed E-state index contributed by atoms with van der Waals surface area (Å²) in [7, 11) is 1.83. The number of piperidine rings is 1. The number of hydrogen-bond donors (Lipinski definition) is 1. The third-order valence-corrected chi connectivity index (χ3v) is 4.25. The lowest BCUT2D eigenvalue weighted by Crippen LogP contribution is -2.38. The van der Waals surface area contributed by atoms with E-state index in [9.17, 15) is 4.79 Å². The highest BCUT2D eigenvalue weighted by atomic mass is 16.1. The lowest BCUT2D eigenvalue weighted by Gasteiger charge is -2.28. The Kier molecular flexibility index (Phi) is 3.16. The molecule has 1 aromatic heterocycles. The zero-order valence-corrected chi connectivity index (χ0v) is 10.8. The number of nitrogens with one attached hydrogen (secondary N) is 1. The highest BCUT2D eigenvalue weighted by Crippen LogP contribution is 2.32. The molecule has 5 heteroatoms. The van der Waals surface area contributed by atoms with Gasteiger partial charge in [0.25, 0.3) is 0 Å². The molecule has 2 saturated heterocycles. The minimum atomic E-state index is 0.303. The van der Waals surface area contributed by atoms with Crippen LogP contribution in [-0.2, 0) is 18.3 Å². The Morgan fingerprint density at radius 2 is 2.17 bits per heavy atom. The van der Waals surface area contributed by atoms with Crippen molar-refractivity contribution in [3.63, 3.8) is 0 Å². The standard InChI is InChI=1S/C13H20N4O/c1-17-13(14-8-15-17)7-12(18)6-9-4-10-2-3-11(5-9)16-10/h8-11,16H,2-7H2,1H3. The van der Waals surface area contributed by atoms with Crippen LogP contribution < -0.4 is 5.32 Å². The first-order chi connectivity index (χ1) is 8.70. The van der Waals surface area contributed by atoms with Gasteiger partial charge in [-0.1, -0.05) is 0 Å². The van der Waals surface area contributed by atoms with Gasteiger partial charge in [0.2, 0.25) is 0 Å². The van der Waals surface area contributed by atoms with Gasteiger partial charge in [-0.2, -0.15) is 5.10 Å². The van der Waals surface area contributed by atoms with Gasteiger partial charge in [-0.25, -0.2) is 4.98 Å². The molecule has 0 saturated carbocycles. The summed E-state index contributed by atoms with van der Waals surface area (Å²) in [6, 6.07) is 1.33. The van der Waals surface area contributed by atoms with Crippen LogP contribution in [0.1, 0.15) is 37.9 Å². The van der Waals surface area contributed by atoms with E-state index in [4.69, 9.17) is 0 Å². The molecule has 2 atom stereocenters. The molecule has 1 N–H and O–H groups in total. The molecule has 98 valence electrons. The monoisotopic (exact) mass is 248 g/mol. The van der Waals surface area contributed by atoms with E-state index in [1.807, 2.05) is 7.05 Å². The van der Waals surface area contributed by atoms with Gasteiger partial charge in [0.15, 0.2) is 0 Å². The average Bonchev–Trinajstić information content (AvgIpc) is 2.86. The molecular formula is C13H20N4O. The van der Waals surface area contributed by atoms with Crippen molar-refractivity contribution < 1.29 is 4.79 Å². The van der Waals surface area contributed by atoms with Crippen LogP contribution in [0.25, 0.3) is 0 Å². The van der Waals surface area contributed by atoms with E-state index in [1.165, 1.54) is 32.0 Å². The van der Waals surface area contributed by atoms with Crippen LogP contribution in [0, 0.1) is 5.92 Å². The van der Waals surface area contributed by atoms with Gasteiger partial charge < -0.3 is 5.32 Å². The van der Waals surface area contributed by atoms with Gasteiger partial charge in [0.05, 0.1) is 6.42 Å². The molecule has 0 aliphatic carbocycles. The second kappa shape index (κ2) is 4.80. The quantitative estimate of drug-likeness (QED) is 0.858. The number of aryl methyl sites for hydroxylation is 1. The van der Waals surface area contributed by atoms with Crippen molar-refractivity contribution in [2.75, 3.05) is 0 Å². The van der Waals surface area contributed by atoms with E-state index in [0.717, 1.165) is 5.82 Å². The molecule has 1 aromatic rings. The number of hydrogen-bond acceptors (Lipinski definition) is 4. The summed E-state index contributed by atoms with van der Waals surface area (Å²) in [5.41, 5.74) is 0. The lowest BCUT2D eigenvalue weighted by molar-refractivity contribution is -0.119. The zero-order chi connectivity index (χ0) is 12.5. The van der Waals surface area contributed by atoms with E-state index >= 15 is 0 Å². The molecule has 5 nitrogen and oxygen atoms in total. The van der Waals surface area contributed by atoms with Crippen molar-refractivity contribution in [2.45, 2.75) is 50.6 Å². The topological polar surface area (TPSA) is 59.8 Å². The molecule has 0 radical (unpaired) electrons. The molecular weight excluding hydrogens is 228 g/mol. The smallest absolute Gasteiger partial charge is 0.140 e. The summed E-state index contributed by atoms with van der Waals surface area (Å²) >= 11 is 0. The predicted octanol–water partition coefficient (Wildman–Crippen LogP) is 0.847. The largest absolute Gasteiger partial charge is 0.311 e.